The number of rotatable bonds is 6. The van der Waals surface area contributed by atoms with Gasteiger partial charge >= 0.3 is 0 Å². The predicted octanol–water partition coefficient (Wildman–Crippen LogP) is 3.17. The lowest BCUT2D eigenvalue weighted by Crippen LogP contribution is -2.24. The van der Waals surface area contributed by atoms with Crippen molar-refractivity contribution in [2.24, 2.45) is 0 Å². The summed E-state index contributed by atoms with van der Waals surface area (Å²) in [5.74, 6) is 2.06. The van der Waals surface area contributed by atoms with Gasteiger partial charge in [0.25, 0.3) is 0 Å². The van der Waals surface area contributed by atoms with Crippen molar-refractivity contribution >= 4 is 23.4 Å². The highest BCUT2D eigenvalue weighted by atomic mass is 35.5. The van der Waals surface area contributed by atoms with E-state index in [0.29, 0.717) is 17.7 Å². The molecule has 0 bridgehead atoms. The molecule has 1 N–H and O–H groups in total. The second kappa shape index (κ2) is 6.93. The first-order valence-corrected chi connectivity index (χ1v) is 7.41. The van der Waals surface area contributed by atoms with Gasteiger partial charge in [-0.05, 0) is 38.2 Å². The molecule has 0 aliphatic rings. The number of hydrogen-bond donors (Lipinski definition) is 1. The summed E-state index contributed by atoms with van der Waals surface area (Å²) in [4.78, 5) is 5.50. The van der Waals surface area contributed by atoms with Gasteiger partial charge in [-0.3, -0.25) is 0 Å². The quantitative estimate of drug-likeness (QED) is 0.830. The average Bonchev–Trinajstić information content (AvgIpc) is 2.85. The average molecular weight is 298 g/mol. The summed E-state index contributed by atoms with van der Waals surface area (Å²) < 4.78 is 5.22. The van der Waals surface area contributed by atoms with Crippen molar-refractivity contribution in [3.63, 3.8) is 0 Å². The van der Waals surface area contributed by atoms with E-state index in [4.69, 9.17) is 16.1 Å². The Kier molecular flexibility index (Phi) is 5.24. The topological polar surface area (TPSA) is 51.0 Å². The second-order valence-corrected chi connectivity index (χ2v) is 5.73. The fourth-order valence-electron chi connectivity index (χ4n) is 1.48. The lowest BCUT2D eigenvalue weighted by molar-refractivity contribution is 0.382. The Morgan fingerprint density at radius 2 is 2.11 bits per heavy atom. The third kappa shape index (κ3) is 4.53. The van der Waals surface area contributed by atoms with E-state index in [1.165, 1.54) is 0 Å². The van der Waals surface area contributed by atoms with Crippen LogP contribution in [-0.4, -0.2) is 23.2 Å². The maximum Gasteiger partial charge on any atom is 0.237 e. The first-order valence-electron chi connectivity index (χ1n) is 6.04. The van der Waals surface area contributed by atoms with Gasteiger partial charge in [-0.2, -0.15) is 4.98 Å². The molecule has 1 unspecified atom stereocenters. The maximum absolute atomic E-state index is 5.84. The molecule has 2 aromatic rings. The van der Waals surface area contributed by atoms with Crippen LogP contribution in [0.2, 0.25) is 5.02 Å². The highest BCUT2D eigenvalue weighted by molar-refractivity contribution is 7.98. The molecule has 19 heavy (non-hydrogen) atoms. The van der Waals surface area contributed by atoms with Gasteiger partial charge in [0.05, 0.1) is 5.75 Å². The van der Waals surface area contributed by atoms with Gasteiger partial charge in [0.1, 0.15) is 0 Å². The van der Waals surface area contributed by atoms with E-state index in [2.05, 4.69) is 22.4 Å². The summed E-state index contributed by atoms with van der Waals surface area (Å²) in [6.07, 6.45) is 0.769. The fourth-order valence-corrected chi connectivity index (χ4v) is 2.35. The Hall–Kier alpha value is -1.04. The van der Waals surface area contributed by atoms with Crippen LogP contribution in [0.3, 0.4) is 0 Å². The van der Waals surface area contributed by atoms with Crippen LogP contribution in [-0.2, 0) is 12.2 Å². The SMILES string of the molecule is CNC(C)Cc1noc(CSc2ccc(Cl)cc2)n1. The molecular weight excluding hydrogens is 282 g/mol. The molecule has 4 nitrogen and oxygen atoms in total. The summed E-state index contributed by atoms with van der Waals surface area (Å²) >= 11 is 7.49. The number of nitrogens with zero attached hydrogens (tertiary/aromatic N) is 2. The molecule has 6 heteroatoms. The molecule has 1 aromatic heterocycles. The number of likely N-dealkylation sites (N-methyl/N-ethyl adjacent to an activating group) is 1. The molecule has 0 amide bonds. The molecule has 0 aliphatic carbocycles. The third-order valence-electron chi connectivity index (χ3n) is 2.67. The van der Waals surface area contributed by atoms with E-state index in [1.54, 1.807) is 11.8 Å². The highest BCUT2D eigenvalue weighted by Crippen LogP contribution is 2.23. The van der Waals surface area contributed by atoms with Crippen LogP contribution in [0.1, 0.15) is 18.6 Å². The number of benzene rings is 1. The van der Waals surface area contributed by atoms with Gasteiger partial charge < -0.3 is 9.84 Å². The maximum atomic E-state index is 5.84. The zero-order valence-electron chi connectivity index (χ0n) is 10.9. The largest absolute Gasteiger partial charge is 0.338 e. The van der Waals surface area contributed by atoms with Crippen LogP contribution in [0.4, 0.5) is 0 Å². The molecule has 1 atom stereocenters. The number of nitrogens with one attached hydrogen (secondary N) is 1. The summed E-state index contributed by atoms with van der Waals surface area (Å²) in [6, 6.07) is 8.05. The standard InChI is InChI=1S/C13H16ClN3OS/c1-9(15-2)7-12-16-13(18-17-12)8-19-11-5-3-10(14)4-6-11/h3-6,9,15H,7-8H2,1-2H3. The molecule has 0 radical (unpaired) electrons. The lowest BCUT2D eigenvalue weighted by atomic mass is 10.2. The number of thioether (sulfide) groups is 1. The van der Waals surface area contributed by atoms with E-state index >= 15 is 0 Å². The zero-order chi connectivity index (χ0) is 13.7. The minimum atomic E-state index is 0.342. The van der Waals surface area contributed by atoms with Crippen molar-refractivity contribution in [2.75, 3.05) is 7.05 Å². The Morgan fingerprint density at radius 1 is 1.37 bits per heavy atom. The summed E-state index contributed by atoms with van der Waals surface area (Å²) in [6.45, 7) is 2.08. The molecular formula is C13H16ClN3OS. The summed E-state index contributed by atoms with van der Waals surface area (Å²) in [5, 5.41) is 7.86. The van der Waals surface area contributed by atoms with Gasteiger partial charge in [-0.1, -0.05) is 16.8 Å². The highest BCUT2D eigenvalue weighted by Gasteiger charge is 2.09. The first-order chi connectivity index (χ1) is 9.17. The van der Waals surface area contributed by atoms with Gasteiger partial charge in [-0.25, -0.2) is 0 Å². The Balaban J connectivity index is 1.88. The van der Waals surface area contributed by atoms with Crippen molar-refractivity contribution < 1.29 is 4.52 Å². The Bertz CT molecular complexity index is 515. The third-order valence-corrected chi connectivity index (χ3v) is 3.92. The molecule has 1 aromatic carbocycles. The van der Waals surface area contributed by atoms with Crippen molar-refractivity contribution in [3.8, 4) is 0 Å². The van der Waals surface area contributed by atoms with E-state index in [-0.39, 0.29) is 0 Å². The van der Waals surface area contributed by atoms with Crippen LogP contribution in [0, 0.1) is 0 Å². The monoisotopic (exact) mass is 297 g/mol. The lowest BCUT2D eigenvalue weighted by Gasteiger charge is -2.04. The molecule has 2 rings (SSSR count). The number of aromatic nitrogens is 2. The van der Waals surface area contributed by atoms with Gasteiger partial charge in [0.2, 0.25) is 5.89 Å². The van der Waals surface area contributed by atoms with Crippen LogP contribution in [0.5, 0.6) is 0 Å². The number of hydrogen-bond acceptors (Lipinski definition) is 5. The molecule has 1 heterocycles. The van der Waals surface area contributed by atoms with Crippen molar-refractivity contribution in [3.05, 3.63) is 41.0 Å². The smallest absolute Gasteiger partial charge is 0.237 e. The van der Waals surface area contributed by atoms with Crippen LogP contribution >= 0.6 is 23.4 Å². The zero-order valence-corrected chi connectivity index (χ0v) is 12.5. The van der Waals surface area contributed by atoms with E-state index in [9.17, 15) is 0 Å². The molecule has 0 aliphatic heterocycles. The predicted molar refractivity (Wildman–Crippen MR) is 77.5 cm³/mol. The first kappa shape index (κ1) is 14.4. The molecule has 0 fully saturated rings. The normalized spacial score (nSPS) is 12.6. The van der Waals surface area contributed by atoms with Gasteiger partial charge in [0, 0.05) is 22.4 Å². The summed E-state index contributed by atoms with van der Waals surface area (Å²) in [5.41, 5.74) is 0. The van der Waals surface area contributed by atoms with Gasteiger partial charge in [0.15, 0.2) is 5.82 Å². The van der Waals surface area contributed by atoms with Crippen molar-refractivity contribution in [1.29, 1.82) is 0 Å². The van der Waals surface area contributed by atoms with E-state index < -0.39 is 0 Å². The molecule has 0 saturated carbocycles. The van der Waals surface area contributed by atoms with Crippen LogP contribution < -0.4 is 5.32 Å². The van der Waals surface area contributed by atoms with E-state index in [1.807, 2.05) is 31.3 Å². The van der Waals surface area contributed by atoms with Gasteiger partial charge in [-0.15, -0.1) is 11.8 Å². The molecule has 102 valence electrons. The Labute approximate surface area is 121 Å². The number of halogens is 1. The molecule has 0 spiro atoms. The van der Waals surface area contributed by atoms with Crippen molar-refractivity contribution in [2.45, 2.75) is 30.0 Å². The molecule has 0 saturated heterocycles. The van der Waals surface area contributed by atoms with E-state index in [0.717, 1.165) is 22.2 Å². The van der Waals surface area contributed by atoms with Crippen LogP contribution in [0.15, 0.2) is 33.7 Å². The second-order valence-electron chi connectivity index (χ2n) is 4.24. The minimum absolute atomic E-state index is 0.342. The fraction of sp³-hybridized carbons (Fsp3) is 0.385. The van der Waals surface area contributed by atoms with Crippen molar-refractivity contribution in [1.82, 2.24) is 15.5 Å². The minimum Gasteiger partial charge on any atom is -0.338 e. The summed E-state index contributed by atoms with van der Waals surface area (Å²) in [7, 11) is 1.92. The Morgan fingerprint density at radius 3 is 2.79 bits per heavy atom. The van der Waals surface area contributed by atoms with Crippen LogP contribution in [0.25, 0.3) is 0 Å².